The summed E-state index contributed by atoms with van der Waals surface area (Å²) in [7, 11) is 2.14. The number of likely N-dealkylation sites (N-methyl/N-ethyl adjacent to an activating group) is 1. The fourth-order valence-corrected chi connectivity index (χ4v) is 2.72. The Hall–Kier alpha value is -1.19. The van der Waals surface area contributed by atoms with Crippen molar-refractivity contribution >= 4 is 5.78 Å². The van der Waals surface area contributed by atoms with Crippen molar-refractivity contribution in [2.45, 2.75) is 26.8 Å². The average Bonchev–Trinajstić information content (AvgIpc) is 2.35. The number of carbonyl (C=O) groups excluding carboxylic acids is 1. The number of ketones is 1. The van der Waals surface area contributed by atoms with Gasteiger partial charge in [0.2, 0.25) is 0 Å². The molecule has 1 unspecified atom stereocenters. The van der Waals surface area contributed by atoms with E-state index in [4.69, 9.17) is 0 Å². The van der Waals surface area contributed by atoms with Crippen LogP contribution in [0.5, 0.6) is 0 Å². The van der Waals surface area contributed by atoms with E-state index in [1.807, 2.05) is 26.0 Å². The molecular formula is C16H24N2O. The number of nitrogens with zero attached hydrogens (tertiary/aromatic N) is 2. The van der Waals surface area contributed by atoms with Crippen LogP contribution in [0, 0.1) is 13.8 Å². The molecule has 19 heavy (non-hydrogen) atoms. The van der Waals surface area contributed by atoms with Crippen molar-refractivity contribution in [3.05, 3.63) is 34.9 Å². The topological polar surface area (TPSA) is 23.6 Å². The maximum atomic E-state index is 12.5. The number of rotatable bonds is 3. The van der Waals surface area contributed by atoms with Crippen LogP contribution in [0.3, 0.4) is 0 Å². The van der Waals surface area contributed by atoms with Crippen LogP contribution in [-0.2, 0) is 0 Å². The van der Waals surface area contributed by atoms with Crippen LogP contribution in [0.25, 0.3) is 0 Å². The van der Waals surface area contributed by atoms with Crippen LogP contribution in [-0.4, -0.2) is 54.9 Å². The van der Waals surface area contributed by atoms with E-state index >= 15 is 0 Å². The molecule has 104 valence electrons. The molecule has 1 fully saturated rings. The van der Waals surface area contributed by atoms with Crippen LogP contribution in [0.2, 0.25) is 0 Å². The molecule has 3 heteroatoms. The van der Waals surface area contributed by atoms with Gasteiger partial charge in [-0.05, 0) is 39.4 Å². The number of hydrogen-bond acceptors (Lipinski definition) is 3. The lowest BCUT2D eigenvalue weighted by Crippen LogP contribution is -2.51. The summed E-state index contributed by atoms with van der Waals surface area (Å²) in [6, 6.07) is 6.56. The van der Waals surface area contributed by atoms with Gasteiger partial charge < -0.3 is 4.90 Å². The van der Waals surface area contributed by atoms with Gasteiger partial charge in [-0.1, -0.05) is 17.7 Å². The van der Waals surface area contributed by atoms with Gasteiger partial charge in [0.15, 0.2) is 5.78 Å². The fraction of sp³-hybridized carbons (Fsp3) is 0.562. The van der Waals surface area contributed by atoms with Crippen molar-refractivity contribution in [2.75, 3.05) is 33.2 Å². The van der Waals surface area contributed by atoms with Gasteiger partial charge in [0.05, 0.1) is 6.54 Å². The summed E-state index contributed by atoms with van der Waals surface area (Å²) in [4.78, 5) is 17.1. The minimum atomic E-state index is 0.248. The largest absolute Gasteiger partial charge is 0.304 e. The molecule has 3 nitrogen and oxygen atoms in total. The Kier molecular flexibility index (Phi) is 4.38. The predicted molar refractivity (Wildman–Crippen MR) is 78.8 cm³/mol. The van der Waals surface area contributed by atoms with E-state index in [1.54, 1.807) is 0 Å². The van der Waals surface area contributed by atoms with Gasteiger partial charge in [0, 0.05) is 31.2 Å². The highest BCUT2D eigenvalue weighted by Gasteiger charge is 2.24. The summed E-state index contributed by atoms with van der Waals surface area (Å²) in [5.74, 6) is 0.248. The summed E-state index contributed by atoms with van der Waals surface area (Å²) in [5.41, 5.74) is 3.11. The minimum Gasteiger partial charge on any atom is -0.304 e. The highest BCUT2D eigenvalue weighted by Crippen LogP contribution is 2.14. The summed E-state index contributed by atoms with van der Waals surface area (Å²) >= 11 is 0. The van der Waals surface area contributed by atoms with Gasteiger partial charge in [-0.3, -0.25) is 9.69 Å². The lowest BCUT2D eigenvalue weighted by molar-refractivity contribution is 0.0747. The first-order valence-electron chi connectivity index (χ1n) is 7.00. The normalized spacial score (nSPS) is 21.6. The molecule has 1 heterocycles. The van der Waals surface area contributed by atoms with E-state index in [0.29, 0.717) is 12.6 Å². The SMILES string of the molecule is Cc1ccc(C)c(C(=O)CN2CCN(C)CC2C)c1. The quantitative estimate of drug-likeness (QED) is 0.778. The first-order chi connectivity index (χ1) is 8.97. The summed E-state index contributed by atoms with van der Waals surface area (Å²) in [6.07, 6.45) is 0. The maximum Gasteiger partial charge on any atom is 0.177 e. The molecule has 0 spiro atoms. The second kappa shape index (κ2) is 5.85. The number of Topliss-reactive ketones (excluding diaryl/α,β-unsaturated/α-hetero) is 1. The van der Waals surface area contributed by atoms with Gasteiger partial charge in [0.25, 0.3) is 0 Å². The first-order valence-corrected chi connectivity index (χ1v) is 7.00. The Balaban J connectivity index is 2.06. The third-order valence-corrected chi connectivity index (χ3v) is 4.01. The maximum absolute atomic E-state index is 12.5. The summed E-state index contributed by atoms with van der Waals surface area (Å²) < 4.78 is 0. The zero-order valence-electron chi connectivity index (χ0n) is 12.4. The Labute approximate surface area is 116 Å². The Bertz CT molecular complexity index is 470. The lowest BCUT2D eigenvalue weighted by Gasteiger charge is -2.37. The zero-order chi connectivity index (χ0) is 14.0. The van der Waals surface area contributed by atoms with E-state index in [9.17, 15) is 4.79 Å². The van der Waals surface area contributed by atoms with Crippen LogP contribution in [0.15, 0.2) is 18.2 Å². The Morgan fingerprint density at radius 2 is 2.05 bits per heavy atom. The standard InChI is InChI=1S/C16H24N2O/c1-12-5-6-13(2)15(9-12)16(19)11-18-8-7-17(4)10-14(18)3/h5-6,9,14H,7-8,10-11H2,1-4H3. The van der Waals surface area contributed by atoms with Gasteiger partial charge in [-0.25, -0.2) is 0 Å². The smallest absolute Gasteiger partial charge is 0.177 e. The molecule has 0 radical (unpaired) electrons. The highest BCUT2D eigenvalue weighted by molar-refractivity contribution is 5.99. The second-order valence-corrected chi connectivity index (χ2v) is 5.82. The van der Waals surface area contributed by atoms with Crippen LogP contribution in [0.4, 0.5) is 0 Å². The van der Waals surface area contributed by atoms with E-state index in [2.05, 4.69) is 29.8 Å². The summed E-state index contributed by atoms with van der Waals surface area (Å²) in [5, 5.41) is 0. The van der Waals surface area contributed by atoms with Gasteiger partial charge in [-0.2, -0.15) is 0 Å². The molecule has 0 aromatic heterocycles. The molecule has 2 rings (SSSR count). The van der Waals surface area contributed by atoms with Crippen molar-refractivity contribution in [1.29, 1.82) is 0 Å². The Morgan fingerprint density at radius 3 is 2.74 bits per heavy atom. The molecule has 0 N–H and O–H groups in total. The number of aryl methyl sites for hydroxylation is 2. The number of benzene rings is 1. The molecule has 1 atom stereocenters. The Morgan fingerprint density at radius 1 is 1.32 bits per heavy atom. The molecule has 1 saturated heterocycles. The van der Waals surface area contributed by atoms with Crippen LogP contribution < -0.4 is 0 Å². The third-order valence-electron chi connectivity index (χ3n) is 4.01. The second-order valence-electron chi connectivity index (χ2n) is 5.82. The molecular weight excluding hydrogens is 236 g/mol. The van der Waals surface area contributed by atoms with Crippen molar-refractivity contribution in [1.82, 2.24) is 9.80 Å². The van der Waals surface area contributed by atoms with Gasteiger partial charge >= 0.3 is 0 Å². The molecule has 0 saturated carbocycles. The van der Waals surface area contributed by atoms with Crippen molar-refractivity contribution in [3.8, 4) is 0 Å². The zero-order valence-corrected chi connectivity index (χ0v) is 12.4. The van der Waals surface area contributed by atoms with E-state index in [1.165, 1.54) is 0 Å². The van der Waals surface area contributed by atoms with E-state index in [-0.39, 0.29) is 5.78 Å². The van der Waals surface area contributed by atoms with Crippen LogP contribution in [0.1, 0.15) is 28.4 Å². The molecule has 1 aromatic carbocycles. The highest BCUT2D eigenvalue weighted by atomic mass is 16.1. The van der Waals surface area contributed by atoms with E-state index < -0.39 is 0 Å². The molecule has 0 bridgehead atoms. The van der Waals surface area contributed by atoms with Gasteiger partial charge in [-0.15, -0.1) is 0 Å². The first kappa shape index (κ1) is 14.2. The molecule has 1 aliphatic rings. The van der Waals surface area contributed by atoms with Gasteiger partial charge in [0.1, 0.15) is 0 Å². The third kappa shape index (κ3) is 3.43. The molecule has 1 aromatic rings. The predicted octanol–water partition coefficient (Wildman–Crippen LogP) is 2.12. The van der Waals surface area contributed by atoms with Crippen molar-refractivity contribution < 1.29 is 4.79 Å². The number of carbonyl (C=O) groups is 1. The van der Waals surface area contributed by atoms with Crippen LogP contribution >= 0.6 is 0 Å². The minimum absolute atomic E-state index is 0.248. The fourth-order valence-electron chi connectivity index (χ4n) is 2.72. The summed E-state index contributed by atoms with van der Waals surface area (Å²) in [6.45, 7) is 9.86. The molecule has 1 aliphatic heterocycles. The average molecular weight is 260 g/mol. The number of hydrogen-bond donors (Lipinski definition) is 0. The lowest BCUT2D eigenvalue weighted by atomic mass is 10.0. The molecule has 0 aliphatic carbocycles. The van der Waals surface area contributed by atoms with Crippen molar-refractivity contribution in [3.63, 3.8) is 0 Å². The van der Waals surface area contributed by atoms with E-state index in [0.717, 1.165) is 36.3 Å². The molecule has 0 amide bonds. The van der Waals surface area contributed by atoms with Crippen molar-refractivity contribution in [2.24, 2.45) is 0 Å². The number of piperazine rings is 1. The monoisotopic (exact) mass is 260 g/mol.